The molecule has 22 heavy (non-hydrogen) atoms. The molecule has 1 aliphatic rings. The van der Waals surface area contributed by atoms with E-state index in [0.29, 0.717) is 6.04 Å². The molecule has 1 aromatic carbocycles. The number of aliphatic hydroxyl groups is 1. The highest BCUT2D eigenvalue weighted by atomic mass is 35.5. The first-order valence-corrected chi connectivity index (χ1v) is 8.28. The van der Waals surface area contributed by atoms with Crippen LogP contribution in [0.15, 0.2) is 36.4 Å². The first-order valence-electron chi connectivity index (χ1n) is 7.47. The molecule has 0 aliphatic heterocycles. The molecule has 5 heteroatoms. The largest absolute Gasteiger partial charge is 0.393 e. The second-order valence-corrected chi connectivity index (χ2v) is 6.83. The molecule has 1 heterocycles. The van der Waals surface area contributed by atoms with Crippen LogP contribution in [0.3, 0.4) is 0 Å². The molecule has 0 amide bonds. The quantitative estimate of drug-likeness (QED) is 0.865. The molecule has 1 aromatic heterocycles. The zero-order valence-electron chi connectivity index (χ0n) is 12.3. The summed E-state index contributed by atoms with van der Waals surface area (Å²) in [6, 6.07) is 11.4. The number of nitrogens with one attached hydrogen (secondary N) is 1. The van der Waals surface area contributed by atoms with Gasteiger partial charge in [-0.05, 0) is 55.5 Å². The van der Waals surface area contributed by atoms with E-state index in [-0.39, 0.29) is 24.3 Å². The predicted octanol–water partition coefficient (Wildman–Crippen LogP) is 4.37. The third-order valence-electron chi connectivity index (χ3n) is 4.05. The van der Waals surface area contributed by atoms with Crippen molar-refractivity contribution in [3.8, 4) is 10.4 Å². The van der Waals surface area contributed by atoms with Crippen LogP contribution < -0.4 is 5.32 Å². The van der Waals surface area contributed by atoms with E-state index in [1.807, 2.05) is 12.1 Å². The highest BCUT2D eigenvalue weighted by Crippen LogP contribution is 2.28. The molecule has 1 fully saturated rings. The van der Waals surface area contributed by atoms with Crippen LogP contribution in [-0.2, 0) is 6.54 Å². The Bertz CT molecular complexity index is 579. The van der Waals surface area contributed by atoms with Crippen LogP contribution >= 0.6 is 23.7 Å². The lowest BCUT2D eigenvalue weighted by atomic mass is 9.93. The summed E-state index contributed by atoms with van der Waals surface area (Å²) in [5, 5.41) is 13.1. The minimum Gasteiger partial charge on any atom is -0.393 e. The van der Waals surface area contributed by atoms with Gasteiger partial charge in [-0.3, -0.25) is 0 Å². The molecule has 3 rings (SSSR count). The summed E-state index contributed by atoms with van der Waals surface area (Å²) in [5.41, 5.74) is 1.06. The van der Waals surface area contributed by atoms with Gasteiger partial charge in [0.2, 0.25) is 0 Å². The van der Waals surface area contributed by atoms with Crippen LogP contribution in [0.5, 0.6) is 0 Å². The Labute approximate surface area is 140 Å². The third-order valence-corrected chi connectivity index (χ3v) is 5.19. The molecule has 2 N–H and O–H groups in total. The van der Waals surface area contributed by atoms with Gasteiger partial charge in [0.15, 0.2) is 0 Å². The summed E-state index contributed by atoms with van der Waals surface area (Å²) in [7, 11) is 0. The van der Waals surface area contributed by atoms with Crippen molar-refractivity contribution in [3.63, 3.8) is 0 Å². The molecule has 0 unspecified atom stereocenters. The van der Waals surface area contributed by atoms with Gasteiger partial charge >= 0.3 is 0 Å². The fraction of sp³-hybridized carbons (Fsp3) is 0.412. The monoisotopic (exact) mass is 341 g/mol. The van der Waals surface area contributed by atoms with Crippen LogP contribution in [0.2, 0.25) is 0 Å². The van der Waals surface area contributed by atoms with Crippen molar-refractivity contribution in [2.45, 2.75) is 44.4 Å². The van der Waals surface area contributed by atoms with Crippen molar-refractivity contribution in [2.75, 3.05) is 0 Å². The summed E-state index contributed by atoms with van der Waals surface area (Å²) in [6.45, 7) is 0.868. The normalized spacial score (nSPS) is 21.4. The Balaban J connectivity index is 0.00000176. The van der Waals surface area contributed by atoms with E-state index in [2.05, 4.69) is 17.4 Å². The Morgan fingerprint density at radius 3 is 2.41 bits per heavy atom. The predicted molar refractivity (Wildman–Crippen MR) is 92.1 cm³/mol. The number of rotatable bonds is 4. The van der Waals surface area contributed by atoms with Gasteiger partial charge in [-0.15, -0.1) is 23.7 Å². The van der Waals surface area contributed by atoms with E-state index in [4.69, 9.17) is 0 Å². The number of aliphatic hydroxyl groups excluding tert-OH is 1. The van der Waals surface area contributed by atoms with Gasteiger partial charge in [-0.25, -0.2) is 4.39 Å². The summed E-state index contributed by atoms with van der Waals surface area (Å²) in [6.07, 6.45) is 3.82. The molecular weight excluding hydrogens is 321 g/mol. The summed E-state index contributed by atoms with van der Waals surface area (Å²) in [5.74, 6) is -0.198. The molecule has 0 bridgehead atoms. The second-order valence-electron chi connectivity index (χ2n) is 5.66. The van der Waals surface area contributed by atoms with Crippen molar-refractivity contribution in [2.24, 2.45) is 0 Å². The second kappa shape index (κ2) is 8.06. The minimum absolute atomic E-state index is 0. The van der Waals surface area contributed by atoms with E-state index in [0.717, 1.165) is 37.8 Å². The van der Waals surface area contributed by atoms with Crippen molar-refractivity contribution in [1.82, 2.24) is 5.32 Å². The van der Waals surface area contributed by atoms with Crippen LogP contribution in [0.4, 0.5) is 4.39 Å². The van der Waals surface area contributed by atoms with Gasteiger partial charge in [0.25, 0.3) is 0 Å². The Hall–Kier alpha value is -0.940. The fourth-order valence-electron chi connectivity index (χ4n) is 2.77. The van der Waals surface area contributed by atoms with Crippen LogP contribution in [0.25, 0.3) is 10.4 Å². The molecule has 0 radical (unpaired) electrons. The summed E-state index contributed by atoms with van der Waals surface area (Å²) in [4.78, 5) is 2.46. The van der Waals surface area contributed by atoms with Gasteiger partial charge in [0, 0.05) is 22.3 Å². The van der Waals surface area contributed by atoms with E-state index >= 15 is 0 Å². The minimum atomic E-state index is -0.198. The smallest absolute Gasteiger partial charge is 0.123 e. The van der Waals surface area contributed by atoms with Gasteiger partial charge in [-0.1, -0.05) is 12.1 Å². The maximum Gasteiger partial charge on any atom is 0.123 e. The zero-order valence-corrected chi connectivity index (χ0v) is 13.9. The van der Waals surface area contributed by atoms with Crippen molar-refractivity contribution < 1.29 is 9.50 Å². The molecule has 1 saturated carbocycles. The molecule has 2 aromatic rings. The van der Waals surface area contributed by atoms with Crippen LogP contribution in [0.1, 0.15) is 30.6 Å². The maximum atomic E-state index is 12.9. The third kappa shape index (κ3) is 4.53. The summed E-state index contributed by atoms with van der Waals surface area (Å²) >= 11 is 1.75. The van der Waals surface area contributed by atoms with E-state index in [1.165, 1.54) is 21.9 Å². The lowest BCUT2D eigenvalue weighted by molar-refractivity contribution is 0.116. The standard InChI is InChI=1S/C17H20FNOS.ClH/c18-13-3-1-12(2-4-13)17-10-9-16(21-17)11-19-14-5-7-15(20)8-6-14;/h1-4,9-10,14-15,19-20H,5-8,11H2;1H. The molecule has 0 saturated heterocycles. The first kappa shape index (κ1) is 17.4. The molecule has 0 atom stereocenters. The molecule has 120 valence electrons. The highest BCUT2D eigenvalue weighted by Gasteiger charge is 2.18. The number of benzene rings is 1. The Morgan fingerprint density at radius 2 is 1.73 bits per heavy atom. The van der Waals surface area contributed by atoms with Crippen molar-refractivity contribution in [3.05, 3.63) is 47.1 Å². The fourth-order valence-corrected chi connectivity index (χ4v) is 3.73. The number of hydrogen-bond acceptors (Lipinski definition) is 3. The number of hydrogen-bond donors (Lipinski definition) is 2. The molecule has 2 nitrogen and oxygen atoms in total. The van der Waals surface area contributed by atoms with E-state index in [1.54, 1.807) is 11.3 Å². The highest BCUT2D eigenvalue weighted by molar-refractivity contribution is 7.15. The van der Waals surface area contributed by atoms with Gasteiger partial charge in [-0.2, -0.15) is 0 Å². The van der Waals surface area contributed by atoms with Gasteiger partial charge in [0.05, 0.1) is 6.10 Å². The average Bonchev–Trinajstić information content (AvgIpc) is 2.96. The Kier molecular flexibility index (Phi) is 6.38. The van der Waals surface area contributed by atoms with E-state index in [9.17, 15) is 9.50 Å². The van der Waals surface area contributed by atoms with E-state index < -0.39 is 0 Å². The lowest BCUT2D eigenvalue weighted by Gasteiger charge is -2.26. The van der Waals surface area contributed by atoms with Crippen LogP contribution in [-0.4, -0.2) is 17.3 Å². The Morgan fingerprint density at radius 1 is 1.05 bits per heavy atom. The van der Waals surface area contributed by atoms with Crippen molar-refractivity contribution >= 4 is 23.7 Å². The molecule has 0 spiro atoms. The van der Waals surface area contributed by atoms with Gasteiger partial charge in [0.1, 0.15) is 5.82 Å². The SMILES string of the molecule is Cl.OC1CCC(NCc2ccc(-c3ccc(F)cc3)s2)CC1. The topological polar surface area (TPSA) is 32.3 Å². The lowest BCUT2D eigenvalue weighted by Crippen LogP contribution is -2.33. The number of halogens is 2. The molecule has 1 aliphatic carbocycles. The number of thiophene rings is 1. The molecular formula is C17H21ClFNOS. The van der Waals surface area contributed by atoms with Crippen LogP contribution in [0, 0.1) is 5.82 Å². The van der Waals surface area contributed by atoms with Crippen molar-refractivity contribution in [1.29, 1.82) is 0 Å². The average molecular weight is 342 g/mol. The first-order chi connectivity index (χ1) is 10.2. The zero-order chi connectivity index (χ0) is 14.7. The maximum absolute atomic E-state index is 12.9. The summed E-state index contributed by atoms with van der Waals surface area (Å²) < 4.78 is 12.9. The van der Waals surface area contributed by atoms with Gasteiger partial charge < -0.3 is 10.4 Å².